The molecule has 0 aliphatic carbocycles. The fourth-order valence-electron chi connectivity index (χ4n) is 3.16. The van der Waals surface area contributed by atoms with Gasteiger partial charge in [-0.3, -0.25) is 0 Å². The van der Waals surface area contributed by atoms with Crippen molar-refractivity contribution in [1.29, 1.82) is 0 Å². The predicted molar refractivity (Wildman–Crippen MR) is 84.3 cm³/mol. The lowest BCUT2D eigenvalue weighted by Crippen LogP contribution is -2.62. The molecule has 120 valence electrons. The molecule has 0 aromatic heterocycles. The number of rotatable bonds is 3. The molecule has 1 aliphatic rings. The van der Waals surface area contributed by atoms with Crippen LogP contribution in [0.2, 0.25) is 0 Å². The van der Waals surface area contributed by atoms with Crippen LogP contribution in [0.4, 0.5) is 4.79 Å². The average molecular weight is 287 g/mol. The van der Waals surface area contributed by atoms with E-state index in [-0.39, 0.29) is 17.1 Å². The summed E-state index contributed by atoms with van der Waals surface area (Å²) in [5.74, 6) is 0. The summed E-state index contributed by atoms with van der Waals surface area (Å²) >= 11 is 0. The maximum absolute atomic E-state index is 11.3. The van der Waals surface area contributed by atoms with Gasteiger partial charge in [-0.05, 0) is 61.1 Å². The summed E-state index contributed by atoms with van der Waals surface area (Å²) in [6, 6.07) is 0.124. The van der Waals surface area contributed by atoms with E-state index < -0.39 is 6.09 Å². The van der Waals surface area contributed by atoms with Crippen molar-refractivity contribution in [2.45, 2.75) is 71.0 Å². The number of piperidine rings is 1. The number of nitrogens with zero attached hydrogens (tertiary/aromatic N) is 1. The first-order valence-electron chi connectivity index (χ1n) is 7.46. The molecule has 1 aliphatic heterocycles. The zero-order valence-corrected chi connectivity index (χ0v) is 14.2. The number of hydrogen-bond acceptors (Lipinski definition) is 3. The van der Waals surface area contributed by atoms with Gasteiger partial charge in [-0.1, -0.05) is 6.92 Å². The zero-order valence-electron chi connectivity index (χ0n) is 14.2. The van der Waals surface area contributed by atoms with Gasteiger partial charge >= 0.3 is 6.09 Å². The van der Waals surface area contributed by atoms with Gasteiger partial charge in [0.05, 0.1) is 0 Å². The second-order valence-electron chi connectivity index (χ2n) is 6.93. The first-order valence-corrected chi connectivity index (χ1v) is 7.46. The van der Waals surface area contributed by atoms with Gasteiger partial charge in [0.25, 0.3) is 0 Å². The summed E-state index contributed by atoms with van der Waals surface area (Å²) < 4.78 is 0. The lowest BCUT2D eigenvalue weighted by Gasteiger charge is -2.49. The van der Waals surface area contributed by atoms with Crippen molar-refractivity contribution in [2.75, 3.05) is 20.6 Å². The average Bonchev–Trinajstić information content (AvgIpc) is 2.21. The lowest BCUT2D eigenvalue weighted by molar-refractivity contribution is 0.0627. The molecule has 1 fully saturated rings. The largest absolute Gasteiger partial charge is 0.465 e. The molecule has 0 spiro atoms. The van der Waals surface area contributed by atoms with Gasteiger partial charge in [0.1, 0.15) is 0 Å². The molecule has 3 N–H and O–H groups in total. The van der Waals surface area contributed by atoms with Crippen molar-refractivity contribution < 1.29 is 9.90 Å². The highest BCUT2D eigenvalue weighted by molar-refractivity contribution is 5.65. The van der Waals surface area contributed by atoms with Crippen molar-refractivity contribution in [3.05, 3.63) is 0 Å². The Morgan fingerprint density at radius 1 is 1.25 bits per heavy atom. The SMILES string of the molecule is CCCN(C(=O)O)C1CC(C)(C)NC(C)(C)C1.CNC. The van der Waals surface area contributed by atoms with Gasteiger partial charge in [0.2, 0.25) is 0 Å². The van der Waals surface area contributed by atoms with Crippen LogP contribution in [0.15, 0.2) is 0 Å². The van der Waals surface area contributed by atoms with E-state index in [0.29, 0.717) is 6.54 Å². The number of hydrogen-bond donors (Lipinski definition) is 3. The van der Waals surface area contributed by atoms with E-state index in [1.54, 1.807) is 4.90 Å². The molecule has 0 radical (unpaired) electrons. The zero-order chi connectivity index (χ0) is 16.0. The van der Waals surface area contributed by atoms with E-state index >= 15 is 0 Å². The van der Waals surface area contributed by atoms with Crippen LogP contribution in [0.1, 0.15) is 53.9 Å². The van der Waals surface area contributed by atoms with Crippen LogP contribution in [0.3, 0.4) is 0 Å². The van der Waals surface area contributed by atoms with Crippen molar-refractivity contribution in [2.24, 2.45) is 0 Å². The number of nitrogens with one attached hydrogen (secondary N) is 2. The van der Waals surface area contributed by atoms with E-state index in [4.69, 9.17) is 0 Å². The van der Waals surface area contributed by atoms with Crippen LogP contribution < -0.4 is 10.6 Å². The summed E-state index contributed by atoms with van der Waals surface area (Å²) in [6.45, 7) is 11.2. The van der Waals surface area contributed by atoms with Crippen LogP contribution in [0.5, 0.6) is 0 Å². The van der Waals surface area contributed by atoms with Crippen LogP contribution in [0, 0.1) is 0 Å². The van der Waals surface area contributed by atoms with Crippen LogP contribution in [-0.4, -0.2) is 53.9 Å². The van der Waals surface area contributed by atoms with Crippen molar-refractivity contribution in [3.63, 3.8) is 0 Å². The molecule has 0 atom stereocenters. The van der Waals surface area contributed by atoms with Crippen molar-refractivity contribution in [3.8, 4) is 0 Å². The predicted octanol–water partition coefficient (Wildman–Crippen LogP) is 2.52. The number of amides is 1. The Kier molecular flexibility index (Phi) is 7.52. The molecule has 1 amide bonds. The van der Waals surface area contributed by atoms with E-state index in [1.807, 2.05) is 21.0 Å². The highest BCUT2D eigenvalue weighted by Gasteiger charge is 2.40. The minimum Gasteiger partial charge on any atom is -0.465 e. The maximum atomic E-state index is 11.3. The molecule has 0 aromatic rings. The minimum absolute atomic E-state index is 0.00609. The van der Waals surface area contributed by atoms with Crippen molar-refractivity contribution >= 4 is 6.09 Å². The highest BCUT2D eigenvalue weighted by atomic mass is 16.4. The number of carboxylic acid groups (broad SMARTS) is 1. The van der Waals surface area contributed by atoms with Gasteiger partial charge in [0, 0.05) is 23.7 Å². The lowest BCUT2D eigenvalue weighted by atomic mass is 9.79. The van der Waals surface area contributed by atoms with E-state index in [9.17, 15) is 9.90 Å². The van der Waals surface area contributed by atoms with E-state index in [2.05, 4.69) is 38.3 Å². The fraction of sp³-hybridized carbons (Fsp3) is 0.933. The first-order chi connectivity index (χ1) is 9.08. The molecule has 1 heterocycles. The first kappa shape index (κ1) is 19.2. The Morgan fingerprint density at radius 3 is 1.95 bits per heavy atom. The Morgan fingerprint density at radius 2 is 1.65 bits per heavy atom. The number of carbonyl (C=O) groups is 1. The summed E-state index contributed by atoms with van der Waals surface area (Å²) in [6.07, 6.45) is 1.84. The third kappa shape index (κ3) is 6.57. The summed E-state index contributed by atoms with van der Waals surface area (Å²) in [7, 11) is 3.75. The topological polar surface area (TPSA) is 64.6 Å². The Labute approximate surface area is 124 Å². The van der Waals surface area contributed by atoms with Crippen LogP contribution >= 0.6 is 0 Å². The molecule has 20 heavy (non-hydrogen) atoms. The third-order valence-electron chi connectivity index (χ3n) is 3.32. The van der Waals surface area contributed by atoms with Crippen LogP contribution in [0.25, 0.3) is 0 Å². The highest BCUT2D eigenvalue weighted by Crippen LogP contribution is 2.31. The molecule has 0 bridgehead atoms. The van der Waals surface area contributed by atoms with Gasteiger partial charge in [-0.15, -0.1) is 0 Å². The quantitative estimate of drug-likeness (QED) is 0.746. The molecule has 1 rings (SSSR count). The van der Waals surface area contributed by atoms with Gasteiger partial charge in [-0.2, -0.15) is 0 Å². The maximum Gasteiger partial charge on any atom is 0.407 e. The van der Waals surface area contributed by atoms with Gasteiger partial charge in [-0.25, -0.2) is 4.79 Å². The molecule has 0 aromatic carbocycles. The monoisotopic (exact) mass is 287 g/mol. The standard InChI is InChI=1S/C13H26N2O2.C2H7N/c1-6-7-15(11(16)17)10-8-12(2,3)14-13(4,5)9-10;1-3-2/h10,14H,6-9H2,1-5H3,(H,16,17);3H,1-2H3. The third-order valence-corrected chi connectivity index (χ3v) is 3.32. The van der Waals surface area contributed by atoms with Gasteiger partial charge < -0.3 is 20.6 Å². The second kappa shape index (κ2) is 7.84. The molecule has 1 saturated heterocycles. The normalized spacial score (nSPS) is 20.8. The molecule has 0 saturated carbocycles. The Bertz CT molecular complexity index is 287. The molecule has 5 nitrogen and oxygen atoms in total. The molecule has 0 unspecified atom stereocenters. The molecular weight excluding hydrogens is 254 g/mol. The summed E-state index contributed by atoms with van der Waals surface area (Å²) in [5.41, 5.74) is -0.0122. The summed E-state index contributed by atoms with van der Waals surface area (Å²) in [5, 5.41) is 15.6. The fourth-order valence-corrected chi connectivity index (χ4v) is 3.16. The van der Waals surface area contributed by atoms with Gasteiger partial charge in [0.15, 0.2) is 0 Å². The van der Waals surface area contributed by atoms with Crippen molar-refractivity contribution in [1.82, 2.24) is 15.5 Å². The van der Waals surface area contributed by atoms with Crippen LogP contribution in [-0.2, 0) is 0 Å². The Balaban J connectivity index is 0.00000110. The second-order valence-corrected chi connectivity index (χ2v) is 6.93. The van der Waals surface area contributed by atoms with E-state index in [0.717, 1.165) is 19.3 Å². The minimum atomic E-state index is -0.787. The van der Waals surface area contributed by atoms with E-state index in [1.165, 1.54) is 0 Å². The molecular formula is C15H33N3O2. The smallest absolute Gasteiger partial charge is 0.407 e. The summed E-state index contributed by atoms with van der Waals surface area (Å²) in [4.78, 5) is 12.9. The Hall–Kier alpha value is -0.810. The molecule has 5 heteroatoms.